The Morgan fingerprint density at radius 1 is 1.16 bits per heavy atom. The monoisotopic (exact) mass is 358 g/mol. The van der Waals surface area contributed by atoms with Crippen molar-refractivity contribution >= 4 is 40.8 Å². The van der Waals surface area contributed by atoms with Crippen LogP contribution in [0.25, 0.3) is 0 Å². The number of nitrogens with zero attached hydrogens (tertiary/aromatic N) is 1. The van der Waals surface area contributed by atoms with Crippen molar-refractivity contribution in [2.45, 2.75) is 18.9 Å². The molecule has 2 amide bonds. The van der Waals surface area contributed by atoms with E-state index in [2.05, 4.69) is 5.32 Å². The van der Waals surface area contributed by atoms with Crippen molar-refractivity contribution in [3.63, 3.8) is 0 Å². The zero-order chi connectivity index (χ0) is 18.0. The highest BCUT2D eigenvalue weighted by Crippen LogP contribution is 2.30. The first-order chi connectivity index (χ1) is 12.0. The number of amides is 2. The molecule has 0 radical (unpaired) electrons. The van der Waals surface area contributed by atoms with Gasteiger partial charge < -0.3 is 10.4 Å². The zero-order valence-corrected chi connectivity index (χ0v) is 13.9. The Balaban J connectivity index is 1.74. The number of hydrogen-bond donors (Lipinski definition) is 2. The topological polar surface area (TPSA) is 86.7 Å². The lowest BCUT2D eigenvalue weighted by molar-refractivity contribution is -0.136. The smallest absolute Gasteiger partial charge is 0.307 e. The summed E-state index contributed by atoms with van der Waals surface area (Å²) in [5.74, 6) is -1.60. The average molecular weight is 359 g/mol. The molecular formula is C18H15ClN2O4. The van der Waals surface area contributed by atoms with Gasteiger partial charge in [-0.15, -0.1) is 0 Å². The number of halogens is 1. The quantitative estimate of drug-likeness (QED) is 0.802. The van der Waals surface area contributed by atoms with Gasteiger partial charge in [-0.2, -0.15) is 0 Å². The second-order valence-corrected chi connectivity index (χ2v) is 6.09. The summed E-state index contributed by atoms with van der Waals surface area (Å²) < 4.78 is 0. The summed E-state index contributed by atoms with van der Waals surface area (Å²) in [4.78, 5) is 36.6. The third-order valence-corrected chi connectivity index (χ3v) is 4.21. The van der Waals surface area contributed by atoms with Gasteiger partial charge in [0, 0.05) is 5.69 Å². The minimum absolute atomic E-state index is 0.0287. The number of carboxylic acids is 1. The molecule has 1 heterocycles. The number of anilines is 2. The van der Waals surface area contributed by atoms with E-state index in [0.29, 0.717) is 22.0 Å². The second-order valence-electron chi connectivity index (χ2n) is 5.69. The predicted octanol–water partition coefficient (Wildman–Crippen LogP) is 2.71. The van der Waals surface area contributed by atoms with E-state index >= 15 is 0 Å². The molecule has 0 aliphatic carbocycles. The molecule has 1 atom stereocenters. The van der Waals surface area contributed by atoms with Gasteiger partial charge in [0.25, 0.3) is 5.91 Å². The van der Waals surface area contributed by atoms with Crippen LogP contribution in [0.4, 0.5) is 11.4 Å². The molecule has 6 nitrogen and oxygen atoms in total. The van der Waals surface area contributed by atoms with Crippen LogP contribution in [0.15, 0.2) is 48.5 Å². The van der Waals surface area contributed by atoms with Crippen LogP contribution in [-0.2, 0) is 20.8 Å². The van der Waals surface area contributed by atoms with E-state index in [1.807, 2.05) is 0 Å². The SMILES string of the molecule is O=C(O)Cc1ccc(N[C@H]2CC(=O)N(c3ccccc3Cl)C2=O)cc1. The van der Waals surface area contributed by atoms with E-state index in [1.165, 1.54) is 0 Å². The first-order valence-corrected chi connectivity index (χ1v) is 8.02. The predicted molar refractivity (Wildman–Crippen MR) is 93.8 cm³/mol. The van der Waals surface area contributed by atoms with Gasteiger partial charge in [-0.3, -0.25) is 14.4 Å². The number of aliphatic carboxylic acids is 1. The molecule has 0 bridgehead atoms. The summed E-state index contributed by atoms with van der Waals surface area (Å²) in [6.07, 6.45) is -0.0393. The van der Waals surface area contributed by atoms with Gasteiger partial charge in [-0.1, -0.05) is 35.9 Å². The van der Waals surface area contributed by atoms with Crippen LogP contribution in [-0.4, -0.2) is 28.9 Å². The van der Waals surface area contributed by atoms with Crippen LogP contribution in [0.1, 0.15) is 12.0 Å². The van der Waals surface area contributed by atoms with Gasteiger partial charge in [0.05, 0.1) is 23.6 Å². The molecule has 2 N–H and O–H groups in total. The fourth-order valence-electron chi connectivity index (χ4n) is 2.73. The van der Waals surface area contributed by atoms with Gasteiger partial charge in [0.15, 0.2) is 0 Å². The van der Waals surface area contributed by atoms with Gasteiger partial charge in [0.1, 0.15) is 6.04 Å². The largest absolute Gasteiger partial charge is 0.481 e. The van der Waals surface area contributed by atoms with Gasteiger partial charge in [0.2, 0.25) is 5.91 Å². The Morgan fingerprint density at radius 2 is 1.84 bits per heavy atom. The molecule has 2 aromatic rings. The summed E-state index contributed by atoms with van der Waals surface area (Å²) in [6.45, 7) is 0. The molecule has 7 heteroatoms. The summed E-state index contributed by atoms with van der Waals surface area (Å²) in [7, 11) is 0. The van der Waals surface area contributed by atoms with E-state index < -0.39 is 12.0 Å². The lowest BCUT2D eigenvalue weighted by atomic mass is 10.1. The van der Waals surface area contributed by atoms with Crippen LogP contribution < -0.4 is 10.2 Å². The first kappa shape index (κ1) is 17.0. The maximum atomic E-state index is 12.6. The minimum Gasteiger partial charge on any atom is -0.481 e. The summed E-state index contributed by atoms with van der Waals surface area (Å²) in [5, 5.41) is 12.1. The lowest BCUT2D eigenvalue weighted by Crippen LogP contribution is -2.35. The number of para-hydroxylation sites is 1. The maximum Gasteiger partial charge on any atom is 0.307 e. The zero-order valence-electron chi connectivity index (χ0n) is 13.1. The van der Waals surface area contributed by atoms with Crippen LogP contribution in [0, 0.1) is 0 Å². The molecule has 0 unspecified atom stereocenters. The Labute approximate surface area is 149 Å². The number of benzene rings is 2. The second kappa shape index (κ2) is 6.94. The number of imide groups is 1. The fourth-order valence-corrected chi connectivity index (χ4v) is 2.95. The van der Waals surface area contributed by atoms with Crippen molar-refractivity contribution in [1.82, 2.24) is 0 Å². The van der Waals surface area contributed by atoms with Crippen LogP contribution in [0.3, 0.4) is 0 Å². The highest BCUT2D eigenvalue weighted by atomic mass is 35.5. The third-order valence-electron chi connectivity index (χ3n) is 3.89. The molecule has 1 fully saturated rings. The molecule has 1 aliphatic rings. The highest BCUT2D eigenvalue weighted by molar-refractivity contribution is 6.36. The Bertz CT molecular complexity index is 835. The molecule has 0 aromatic heterocycles. The van der Waals surface area contributed by atoms with Crippen molar-refractivity contribution in [1.29, 1.82) is 0 Å². The number of hydrogen-bond acceptors (Lipinski definition) is 4. The van der Waals surface area contributed by atoms with E-state index in [9.17, 15) is 14.4 Å². The minimum atomic E-state index is -0.910. The number of carbonyl (C=O) groups excluding carboxylic acids is 2. The molecule has 2 aromatic carbocycles. The van der Waals surface area contributed by atoms with Crippen molar-refractivity contribution in [3.05, 3.63) is 59.1 Å². The Hall–Kier alpha value is -2.86. The van der Waals surface area contributed by atoms with Crippen molar-refractivity contribution in [2.75, 3.05) is 10.2 Å². The molecule has 0 saturated carbocycles. The Morgan fingerprint density at radius 3 is 2.48 bits per heavy atom. The number of carboxylic acid groups (broad SMARTS) is 1. The fraction of sp³-hybridized carbons (Fsp3) is 0.167. The third kappa shape index (κ3) is 3.64. The summed E-state index contributed by atoms with van der Waals surface area (Å²) in [6, 6.07) is 12.7. The van der Waals surface area contributed by atoms with E-state index in [-0.39, 0.29) is 24.7 Å². The molecular weight excluding hydrogens is 344 g/mol. The molecule has 128 valence electrons. The van der Waals surface area contributed by atoms with Gasteiger partial charge in [-0.05, 0) is 29.8 Å². The van der Waals surface area contributed by atoms with E-state index in [0.717, 1.165) is 4.90 Å². The van der Waals surface area contributed by atoms with E-state index in [4.69, 9.17) is 16.7 Å². The molecule has 3 rings (SSSR count). The van der Waals surface area contributed by atoms with Crippen LogP contribution in [0.5, 0.6) is 0 Å². The number of rotatable bonds is 5. The van der Waals surface area contributed by atoms with Crippen molar-refractivity contribution in [3.8, 4) is 0 Å². The lowest BCUT2D eigenvalue weighted by Gasteiger charge is -2.17. The van der Waals surface area contributed by atoms with Gasteiger partial charge in [-0.25, -0.2) is 4.90 Å². The first-order valence-electron chi connectivity index (χ1n) is 7.64. The Kier molecular flexibility index (Phi) is 4.72. The molecule has 1 saturated heterocycles. The molecule has 0 spiro atoms. The molecule has 25 heavy (non-hydrogen) atoms. The number of carbonyl (C=O) groups is 3. The van der Waals surface area contributed by atoms with Crippen molar-refractivity contribution in [2.24, 2.45) is 0 Å². The average Bonchev–Trinajstić information content (AvgIpc) is 2.83. The summed E-state index contributed by atoms with van der Waals surface area (Å²) >= 11 is 6.09. The van der Waals surface area contributed by atoms with E-state index in [1.54, 1.807) is 48.5 Å². The molecule has 1 aliphatic heterocycles. The van der Waals surface area contributed by atoms with Gasteiger partial charge >= 0.3 is 5.97 Å². The highest BCUT2D eigenvalue weighted by Gasteiger charge is 2.40. The van der Waals surface area contributed by atoms with Crippen molar-refractivity contribution < 1.29 is 19.5 Å². The number of nitrogens with one attached hydrogen (secondary N) is 1. The van der Waals surface area contributed by atoms with Crippen LogP contribution in [0.2, 0.25) is 5.02 Å². The van der Waals surface area contributed by atoms with Crippen LogP contribution >= 0.6 is 11.6 Å². The summed E-state index contributed by atoms with van der Waals surface area (Å²) in [5.41, 5.74) is 1.67. The standard InChI is InChI=1S/C18H15ClN2O4/c19-13-3-1-2-4-15(13)21-16(22)10-14(18(21)25)20-12-7-5-11(6-8-12)9-17(23)24/h1-8,14,20H,9-10H2,(H,23,24)/t14-/m0/s1. The maximum absolute atomic E-state index is 12.6. The normalized spacial score (nSPS) is 17.0.